The number of halogens is 1. The van der Waals surface area contributed by atoms with E-state index in [-0.39, 0.29) is 12.4 Å². The second kappa shape index (κ2) is 8.07. The average molecular weight is 332 g/mol. The van der Waals surface area contributed by atoms with Crippen LogP contribution in [0.25, 0.3) is 0 Å². The number of hydrogen-bond donors (Lipinski definition) is 3. The number of carbonyl (C=O) groups is 2. The molecule has 0 unspecified atom stereocenters. The second-order valence-electron chi connectivity index (χ2n) is 5.11. The maximum Gasteiger partial charge on any atom is 0.338 e. The minimum atomic E-state index is -0.731. The highest BCUT2D eigenvalue weighted by molar-refractivity contribution is 6.00. The first kappa shape index (κ1) is 17.4. The lowest BCUT2D eigenvalue weighted by Crippen LogP contribution is -2.19. The first-order chi connectivity index (χ1) is 11.4. The molecule has 0 aliphatic heterocycles. The standard InChI is InChI=1S/C17H17FN2O4/c1-11(21)10-24-16(22)12-2-6-14(7-3-12)19-17(23)20-15-8-4-13(18)5-9-15/h2-9,11,21H,10H2,1H3,(H2,19,20,23)/t11-/m1/s1. The topological polar surface area (TPSA) is 87.7 Å². The molecule has 2 rings (SSSR count). The number of esters is 1. The number of ether oxygens (including phenoxy) is 1. The van der Waals surface area contributed by atoms with Crippen molar-refractivity contribution < 1.29 is 23.8 Å². The van der Waals surface area contributed by atoms with E-state index in [0.717, 1.165) is 0 Å². The van der Waals surface area contributed by atoms with Gasteiger partial charge in [0, 0.05) is 11.4 Å². The molecule has 0 aromatic heterocycles. The number of carbonyl (C=O) groups excluding carboxylic acids is 2. The summed E-state index contributed by atoms with van der Waals surface area (Å²) >= 11 is 0. The molecule has 0 heterocycles. The number of rotatable bonds is 5. The zero-order valence-corrected chi connectivity index (χ0v) is 13.0. The first-order valence-electron chi connectivity index (χ1n) is 7.23. The normalized spacial score (nSPS) is 11.5. The molecule has 7 heteroatoms. The van der Waals surface area contributed by atoms with Crippen molar-refractivity contribution in [3.8, 4) is 0 Å². The van der Waals surface area contributed by atoms with Crippen LogP contribution in [-0.2, 0) is 4.74 Å². The largest absolute Gasteiger partial charge is 0.459 e. The number of aliphatic hydroxyl groups is 1. The Balaban J connectivity index is 1.89. The summed E-state index contributed by atoms with van der Waals surface area (Å²) < 4.78 is 17.7. The summed E-state index contributed by atoms with van der Waals surface area (Å²) in [5.74, 6) is -0.947. The number of aliphatic hydroxyl groups excluding tert-OH is 1. The summed E-state index contributed by atoms with van der Waals surface area (Å²) in [5, 5.41) is 14.2. The van der Waals surface area contributed by atoms with Gasteiger partial charge >= 0.3 is 12.0 Å². The zero-order chi connectivity index (χ0) is 17.5. The fraction of sp³-hybridized carbons (Fsp3) is 0.176. The maximum atomic E-state index is 12.8. The Morgan fingerprint density at radius 1 is 1.04 bits per heavy atom. The van der Waals surface area contributed by atoms with Crippen LogP contribution >= 0.6 is 0 Å². The highest BCUT2D eigenvalue weighted by atomic mass is 19.1. The van der Waals surface area contributed by atoms with E-state index in [1.54, 1.807) is 12.1 Å². The Morgan fingerprint density at radius 3 is 2.04 bits per heavy atom. The van der Waals surface area contributed by atoms with Gasteiger partial charge in [0.1, 0.15) is 12.4 Å². The van der Waals surface area contributed by atoms with E-state index in [9.17, 15) is 14.0 Å². The van der Waals surface area contributed by atoms with Crippen LogP contribution in [0.4, 0.5) is 20.6 Å². The summed E-state index contributed by atoms with van der Waals surface area (Å²) in [7, 11) is 0. The predicted octanol–water partition coefficient (Wildman–Crippen LogP) is 3.01. The number of hydrogen-bond acceptors (Lipinski definition) is 4. The molecule has 126 valence electrons. The first-order valence-corrected chi connectivity index (χ1v) is 7.23. The quantitative estimate of drug-likeness (QED) is 0.735. The van der Waals surface area contributed by atoms with E-state index in [1.807, 2.05) is 0 Å². The molecule has 3 N–H and O–H groups in total. The fourth-order valence-corrected chi connectivity index (χ4v) is 1.80. The minimum Gasteiger partial charge on any atom is -0.459 e. The van der Waals surface area contributed by atoms with Crippen LogP contribution in [-0.4, -0.2) is 29.8 Å². The summed E-state index contributed by atoms with van der Waals surface area (Å²) in [4.78, 5) is 23.5. The Labute approximate surface area is 138 Å². The second-order valence-corrected chi connectivity index (χ2v) is 5.11. The van der Waals surface area contributed by atoms with Gasteiger partial charge in [0.15, 0.2) is 0 Å². The molecule has 1 atom stereocenters. The van der Waals surface area contributed by atoms with Gasteiger partial charge in [0.25, 0.3) is 0 Å². The maximum absolute atomic E-state index is 12.8. The van der Waals surface area contributed by atoms with Crippen molar-refractivity contribution in [2.24, 2.45) is 0 Å². The molecular weight excluding hydrogens is 315 g/mol. The Morgan fingerprint density at radius 2 is 1.54 bits per heavy atom. The number of benzene rings is 2. The van der Waals surface area contributed by atoms with Crippen LogP contribution in [0.3, 0.4) is 0 Å². The summed E-state index contributed by atoms with van der Waals surface area (Å²) in [6, 6.07) is 11.0. The van der Waals surface area contributed by atoms with Gasteiger partial charge in [-0.3, -0.25) is 0 Å². The number of nitrogens with one attached hydrogen (secondary N) is 2. The SMILES string of the molecule is C[C@@H](O)COC(=O)c1ccc(NC(=O)Nc2ccc(F)cc2)cc1. The van der Waals surface area contributed by atoms with Crippen molar-refractivity contribution in [3.05, 3.63) is 59.9 Å². The lowest BCUT2D eigenvalue weighted by molar-refractivity contribution is 0.0296. The highest BCUT2D eigenvalue weighted by Gasteiger charge is 2.09. The highest BCUT2D eigenvalue weighted by Crippen LogP contribution is 2.13. The van der Waals surface area contributed by atoms with E-state index < -0.39 is 18.1 Å². The van der Waals surface area contributed by atoms with Gasteiger partial charge in [0.2, 0.25) is 0 Å². The third kappa shape index (κ3) is 5.36. The fourth-order valence-electron chi connectivity index (χ4n) is 1.80. The van der Waals surface area contributed by atoms with Gasteiger partial charge in [0.05, 0.1) is 11.7 Å². The number of urea groups is 1. The van der Waals surface area contributed by atoms with Crippen LogP contribution in [0.1, 0.15) is 17.3 Å². The van der Waals surface area contributed by atoms with Crippen LogP contribution in [0, 0.1) is 5.82 Å². The monoisotopic (exact) mass is 332 g/mol. The smallest absolute Gasteiger partial charge is 0.338 e. The number of anilines is 2. The lowest BCUT2D eigenvalue weighted by Gasteiger charge is -2.09. The molecule has 0 bridgehead atoms. The molecule has 0 saturated carbocycles. The van der Waals surface area contributed by atoms with Crippen molar-refractivity contribution in [2.45, 2.75) is 13.0 Å². The molecule has 2 aromatic carbocycles. The molecule has 0 aliphatic carbocycles. The molecule has 2 aromatic rings. The van der Waals surface area contributed by atoms with Gasteiger partial charge in [-0.1, -0.05) is 0 Å². The van der Waals surface area contributed by atoms with Crippen molar-refractivity contribution in [3.63, 3.8) is 0 Å². The molecule has 0 spiro atoms. The van der Waals surface area contributed by atoms with E-state index in [4.69, 9.17) is 9.84 Å². The Bertz CT molecular complexity index is 700. The van der Waals surface area contributed by atoms with E-state index in [1.165, 1.54) is 43.3 Å². The Kier molecular flexibility index (Phi) is 5.86. The van der Waals surface area contributed by atoms with Gasteiger partial charge < -0.3 is 20.5 Å². The van der Waals surface area contributed by atoms with E-state index in [0.29, 0.717) is 16.9 Å². The van der Waals surface area contributed by atoms with Gasteiger partial charge in [-0.05, 0) is 55.5 Å². The van der Waals surface area contributed by atoms with Crippen molar-refractivity contribution >= 4 is 23.4 Å². The third-order valence-electron chi connectivity index (χ3n) is 2.94. The molecule has 2 amide bonds. The summed E-state index contributed by atoms with van der Waals surface area (Å²) in [6.07, 6.45) is -0.731. The lowest BCUT2D eigenvalue weighted by atomic mass is 10.2. The van der Waals surface area contributed by atoms with E-state index in [2.05, 4.69) is 10.6 Å². The van der Waals surface area contributed by atoms with Gasteiger partial charge in [-0.15, -0.1) is 0 Å². The van der Waals surface area contributed by atoms with Crippen LogP contribution in [0.5, 0.6) is 0 Å². The summed E-state index contributed by atoms with van der Waals surface area (Å²) in [6.45, 7) is 1.43. The average Bonchev–Trinajstić information content (AvgIpc) is 2.55. The predicted molar refractivity (Wildman–Crippen MR) is 87.4 cm³/mol. The molecule has 24 heavy (non-hydrogen) atoms. The van der Waals surface area contributed by atoms with Crippen molar-refractivity contribution in [1.29, 1.82) is 0 Å². The molecule has 0 aliphatic rings. The third-order valence-corrected chi connectivity index (χ3v) is 2.94. The van der Waals surface area contributed by atoms with Crippen LogP contribution < -0.4 is 10.6 Å². The molecule has 0 saturated heterocycles. The van der Waals surface area contributed by atoms with E-state index >= 15 is 0 Å². The Hall–Kier alpha value is -2.93. The molecular formula is C17H17FN2O4. The minimum absolute atomic E-state index is 0.0844. The molecule has 6 nitrogen and oxygen atoms in total. The van der Waals surface area contributed by atoms with Crippen LogP contribution in [0.2, 0.25) is 0 Å². The molecule has 0 fully saturated rings. The summed E-state index contributed by atoms with van der Waals surface area (Å²) in [5.41, 5.74) is 1.23. The van der Waals surface area contributed by atoms with Gasteiger partial charge in [-0.25, -0.2) is 14.0 Å². The van der Waals surface area contributed by atoms with Gasteiger partial charge in [-0.2, -0.15) is 0 Å². The van der Waals surface area contributed by atoms with Crippen LogP contribution in [0.15, 0.2) is 48.5 Å². The zero-order valence-electron chi connectivity index (χ0n) is 13.0. The van der Waals surface area contributed by atoms with Crippen molar-refractivity contribution in [1.82, 2.24) is 0 Å². The van der Waals surface area contributed by atoms with Crippen molar-refractivity contribution in [2.75, 3.05) is 17.2 Å². The molecule has 0 radical (unpaired) electrons. The number of amides is 2.